The molecule has 0 aliphatic carbocycles. The number of aryl methyl sites for hydroxylation is 1. The lowest BCUT2D eigenvalue weighted by Crippen LogP contribution is -2.16. The highest BCUT2D eigenvalue weighted by atomic mass is 19.1. The molecule has 0 saturated heterocycles. The zero-order valence-corrected chi connectivity index (χ0v) is 9.28. The fourth-order valence-electron chi connectivity index (χ4n) is 1.39. The van der Waals surface area contributed by atoms with Gasteiger partial charge in [-0.05, 0) is 24.6 Å². The third-order valence-electron chi connectivity index (χ3n) is 2.15. The molecule has 16 heavy (non-hydrogen) atoms. The van der Waals surface area contributed by atoms with E-state index in [1.54, 1.807) is 6.92 Å². The van der Waals surface area contributed by atoms with E-state index >= 15 is 0 Å². The van der Waals surface area contributed by atoms with E-state index in [4.69, 9.17) is 4.74 Å². The highest BCUT2D eigenvalue weighted by Crippen LogP contribution is 2.29. The summed E-state index contributed by atoms with van der Waals surface area (Å²) < 4.78 is 22.9. The quantitative estimate of drug-likeness (QED) is 0.793. The lowest BCUT2D eigenvalue weighted by Gasteiger charge is -2.14. The van der Waals surface area contributed by atoms with Crippen molar-refractivity contribution in [3.8, 4) is 5.75 Å². The van der Waals surface area contributed by atoms with E-state index in [0.717, 1.165) is 7.11 Å². The van der Waals surface area contributed by atoms with Crippen LogP contribution in [-0.2, 0) is 9.53 Å². The molecule has 88 valence electrons. The fourth-order valence-corrected chi connectivity index (χ4v) is 1.39. The van der Waals surface area contributed by atoms with Gasteiger partial charge in [-0.25, -0.2) is 9.18 Å². The van der Waals surface area contributed by atoms with Crippen LogP contribution in [0, 0.1) is 12.7 Å². The molecule has 4 nitrogen and oxygen atoms in total. The topological polar surface area (TPSA) is 55.8 Å². The summed E-state index contributed by atoms with van der Waals surface area (Å²) in [5, 5.41) is 9.58. The van der Waals surface area contributed by atoms with Crippen molar-refractivity contribution in [1.82, 2.24) is 0 Å². The van der Waals surface area contributed by atoms with E-state index in [9.17, 15) is 14.3 Å². The molecule has 0 aliphatic rings. The van der Waals surface area contributed by atoms with E-state index < -0.39 is 17.9 Å². The van der Waals surface area contributed by atoms with Gasteiger partial charge < -0.3 is 14.6 Å². The second-order valence-corrected chi connectivity index (χ2v) is 3.29. The van der Waals surface area contributed by atoms with Gasteiger partial charge >= 0.3 is 5.97 Å². The van der Waals surface area contributed by atoms with Crippen molar-refractivity contribution in [3.63, 3.8) is 0 Å². The maximum atomic E-state index is 13.6. The van der Waals surface area contributed by atoms with E-state index in [-0.39, 0.29) is 11.3 Å². The molecule has 0 bridgehead atoms. The Bertz CT molecular complexity index is 403. The van der Waals surface area contributed by atoms with Gasteiger partial charge in [0.1, 0.15) is 11.6 Å². The maximum absolute atomic E-state index is 13.6. The third kappa shape index (κ3) is 2.30. The number of hydrogen-bond donors (Lipinski definition) is 1. The lowest BCUT2D eigenvalue weighted by atomic mass is 10.0. The molecular weight excluding hydrogens is 215 g/mol. The minimum Gasteiger partial charge on any atom is -0.496 e. The van der Waals surface area contributed by atoms with E-state index in [0.29, 0.717) is 5.56 Å². The largest absolute Gasteiger partial charge is 0.496 e. The van der Waals surface area contributed by atoms with Crippen LogP contribution in [0.3, 0.4) is 0 Å². The van der Waals surface area contributed by atoms with Crippen molar-refractivity contribution in [2.75, 3.05) is 14.2 Å². The van der Waals surface area contributed by atoms with Gasteiger partial charge in [0.2, 0.25) is 0 Å². The zero-order valence-electron chi connectivity index (χ0n) is 9.28. The Hall–Kier alpha value is -1.62. The lowest BCUT2D eigenvalue weighted by molar-refractivity contribution is -0.151. The number of esters is 1. The van der Waals surface area contributed by atoms with Crippen molar-refractivity contribution in [1.29, 1.82) is 0 Å². The van der Waals surface area contributed by atoms with Crippen LogP contribution in [0.5, 0.6) is 5.75 Å². The smallest absolute Gasteiger partial charge is 0.339 e. The summed E-state index contributed by atoms with van der Waals surface area (Å²) in [5.41, 5.74) is 0.426. The average molecular weight is 228 g/mol. The van der Waals surface area contributed by atoms with Gasteiger partial charge in [0, 0.05) is 0 Å². The predicted octanol–water partition coefficient (Wildman–Crippen LogP) is 1.35. The van der Waals surface area contributed by atoms with Gasteiger partial charge in [0.25, 0.3) is 0 Å². The Morgan fingerprint density at radius 1 is 1.44 bits per heavy atom. The summed E-state index contributed by atoms with van der Waals surface area (Å²) in [5.74, 6) is -1.51. The van der Waals surface area contributed by atoms with Gasteiger partial charge in [-0.15, -0.1) is 0 Å². The molecule has 0 aliphatic heterocycles. The Morgan fingerprint density at radius 3 is 2.56 bits per heavy atom. The van der Waals surface area contributed by atoms with Crippen molar-refractivity contribution >= 4 is 5.97 Å². The summed E-state index contributed by atoms with van der Waals surface area (Å²) in [6, 6.07) is 2.74. The molecular formula is C11H13FO4. The molecule has 1 aromatic rings. The van der Waals surface area contributed by atoms with Crippen LogP contribution in [0.4, 0.5) is 4.39 Å². The van der Waals surface area contributed by atoms with Crippen LogP contribution in [0.15, 0.2) is 12.1 Å². The molecule has 1 unspecified atom stereocenters. The van der Waals surface area contributed by atoms with E-state index in [2.05, 4.69) is 4.74 Å². The van der Waals surface area contributed by atoms with Crippen LogP contribution in [0.25, 0.3) is 0 Å². The summed E-state index contributed by atoms with van der Waals surface area (Å²) in [7, 11) is 2.45. The van der Waals surface area contributed by atoms with Gasteiger partial charge in [-0.3, -0.25) is 0 Å². The van der Waals surface area contributed by atoms with Crippen LogP contribution >= 0.6 is 0 Å². The number of benzene rings is 1. The van der Waals surface area contributed by atoms with Gasteiger partial charge in [-0.1, -0.05) is 0 Å². The Labute approximate surface area is 92.6 Å². The highest BCUT2D eigenvalue weighted by molar-refractivity contribution is 5.77. The number of carbonyl (C=O) groups excluding carboxylic acids is 1. The number of ether oxygens (including phenoxy) is 2. The van der Waals surface area contributed by atoms with Gasteiger partial charge in [0.15, 0.2) is 6.10 Å². The molecule has 0 amide bonds. The number of hydrogen-bond acceptors (Lipinski definition) is 4. The van der Waals surface area contributed by atoms with Crippen LogP contribution in [0.1, 0.15) is 17.2 Å². The molecule has 0 spiro atoms. The van der Waals surface area contributed by atoms with Crippen LogP contribution < -0.4 is 4.74 Å². The third-order valence-corrected chi connectivity index (χ3v) is 2.15. The number of halogens is 1. The first-order valence-corrected chi connectivity index (χ1v) is 4.61. The minimum atomic E-state index is -1.68. The second kappa shape index (κ2) is 4.94. The minimum absolute atomic E-state index is 0.121. The van der Waals surface area contributed by atoms with E-state index in [1.165, 1.54) is 19.2 Å². The second-order valence-electron chi connectivity index (χ2n) is 3.29. The molecule has 1 aromatic carbocycles. The summed E-state index contributed by atoms with van der Waals surface area (Å²) >= 11 is 0. The molecule has 0 fully saturated rings. The van der Waals surface area contributed by atoms with Crippen molar-refractivity contribution in [3.05, 3.63) is 29.1 Å². The van der Waals surface area contributed by atoms with Gasteiger partial charge in [0.05, 0.1) is 19.8 Å². The molecule has 5 heteroatoms. The summed E-state index contributed by atoms with van der Waals surface area (Å²) in [6.45, 7) is 1.68. The highest BCUT2D eigenvalue weighted by Gasteiger charge is 2.25. The maximum Gasteiger partial charge on any atom is 0.339 e. The molecule has 1 atom stereocenters. The van der Waals surface area contributed by atoms with Crippen molar-refractivity contribution in [2.24, 2.45) is 0 Å². The van der Waals surface area contributed by atoms with Crippen LogP contribution in [-0.4, -0.2) is 25.3 Å². The molecule has 0 heterocycles. The van der Waals surface area contributed by atoms with Crippen molar-refractivity contribution in [2.45, 2.75) is 13.0 Å². The molecule has 0 aromatic heterocycles. The van der Waals surface area contributed by atoms with Crippen molar-refractivity contribution < 1.29 is 23.8 Å². The first-order chi connectivity index (χ1) is 7.51. The molecule has 0 saturated carbocycles. The molecule has 0 radical (unpaired) electrons. The van der Waals surface area contributed by atoms with Gasteiger partial charge in [-0.2, -0.15) is 0 Å². The average Bonchev–Trinajstić information content (AvgIpc) is 2.26. The molecule has 1 N–H and O–H groups in total. The number of aliphatic hydroxyl groups is 1. The summed E-state index contributed by atoms with van der Waals surface area (Å²) in [6.07, 6.45) is -1.68. The first-order valence-electron chi connectivity index (χ1n) is 4.61. The van der Waals surface area contributed by atoms with E-state index in [1.807, 2.05) is 0 Å². The number of aliphatic hydroxyl groups excluding tert-OH is 1. The monoisotopic (exact) mass is 228 g/mol. The standard InChI is InChI=1S/C11H13FO4/c1-6-4-7(12)9(8(5-6)15-2)10(13)11(14)16-3/h4-5,10,13H,1-3H3. The predicted molar refractivity (Wildman–Crippen MR) is 54.7 cm³/mol. The molecule has 1 rings (SSSR count). The SMILES string of the molecule is COC(=O)C(O)c1c(F)cc(C)cc1OC. The number of methoxy groups -OCH3 is 2. The normalized spacial score (nSPS) is 12.1. The zero-order chi connectivity index (χ0) is 12.3. The Morgan fingerprint density at radius 2 is 2.06 bits per heavy atom. The number of carbonyl (C=O) groups is 1. The Kier molecular flexibility index (Phi) is 3.84. The van der Waals surface area contributed by atoms with Crippen LogP contribution in [0.2, 0.25) is 0 Å². The number of rotatable bonds is 3. The fraction of sp³-hybridized carbons (Fsp3) is 0.364. The summed E-state index contributed by atoms with van der Waals surface area (Å²) in [4.78, 5) is 11.1. The Balaban J connectivity index is 3.26. The first kappa shape index (κ1) is 12.4.